The third kappa shape index (κ3) is 18.6. The Morgan fingerprint density at radius 1 is 0.452 bits per heavy atom. The summed E-state index contributed by atoms with van der Waals surface area (Å²) in [7, 11) is 0. The van der Waals surface area contributed by atoms with Crippen molar-refractivity contribution in [1.29, 1.82) is 0 Å². The van der Waals surface area contributed by atoms with Crippen molar-refractivity contribution in [2.45, 2.75) is 167 Å². The minimum absolute atomic E-state index is 0.361. The van der Waals surface area contributed by atoms with Crippen LogP contribution in [-0.2, 0) is 16.4 Å². The summed E-state index contributed by atoms with van der Waals surface area (Å²) in [4.78, 5) is 11.6. The molecule has 3 nitrogen and oxygen atoms in total. The van der Waals surface area contributed by atoms with Crippen molar-refractivity contribution in [3.8, 4) is 5.75 Å². The Morgan fingerprint density at radius 3 is 1.31 bits per heavy atom. The predicted molar refractivity (Wildman–Crippen MR) is 180 cm³/mol. The number of hydrogen-bond donors (Lipinski definition) is 0. The molecule has 0 fully saturated rings. The van der Waals surface area contributed by atoms with Crippen LogP contribution < -0.4 is 4.74 Å². The maximum atomic E-state index is 6.79. The number of unbranched alkanes of at least 4 members (excludes halogenated alkanes) is 18. The van der Waals surface area contributed by atoms with Crippen molar-refractivity contribution in [1.82, 2.24) is 0 Å². The summed E-state index contributed by atoms with van der Waals surface area (Å²) in [5, 5.41) is 0. The smallest absolute Gasteiger partial charge is 0.135 e. The molecule has 42 heavy (non-hydrogen) atoms. The molecule has 0 amide bonds. The monoisotopic (exact) mass is 580 g/mol. The van der Waals surface area contributed by atoms with E-state index in [0.29, 0.717) is 13.2 Å². The highest BCUT2D eigenvalue weighted by Gasteiger charge is 2.33. The van der Waals surface area contributed by atoms with Gasteiger partial charge in [0.25, 0.3) is 0 Å². The van der Waals surface area contributed by atoms with Gasteiger partial charge in [-0.3, -0.25) is 0 Å². The molecule has 0 heterocycles. The van der Waals surface area contributed by atoms with Crippen LogP contribution in [0.15, 0.2) is 60.7 Å². The van der Waals surface area contributed by atoms with Crippen LogP contribution in [0.2, 0.25) is 0 Å². The molecule has 2 aromatic rings. The highest BCUT2D eigenvalue weighted by Crippen LogP contribution is 2.30. The molecule has 0 aliphatic heterocycles. The molecule has 0 bridgehead atoms. The van der Waals surface area contributed by atoms with E-state index in [9.17, 15) is 0 Å². The van der Waals surface area contributed by atoms with Crippen LogP contribution >= 0.6 is 0 Å². The Bertz CT molecular complexity index is 824. The van der Waals surface area contributed by atoms with Gasteiger partial charge in [-0.2, -0.15) is 0 Å². The molecule has 0 aromatic heterocycles. The van der Waals surface area contributed by atoms with Crippen molar-refractivity contribution < 1.29 is 14.5 Å². The van der Waals surface area contributed by atoms with Gasteiger partial charge >= 0.3 is 0 Å². The Morgan fingerprint density at radius 2 is 0.857 bits per heavy atom. The molecule has 0 saturated heterocycles. The number of benzene rings is 2. The molecule has 0 N–H and O–H groups in total. The molecule has 3 heteroatoms. The first-order chi connectivity index (χ1) is 20.8. The van der Waals surface area contributed by atoms with Crippen LogP contribution in [0.3, 0.4) is 0 Å². The second-order valence-corrected chi connectivity index (χ2v) is 12.5. The molecular weight excluding hydrogens is 516 g/mol. The van der Waals surface area contributed by atoms with E-state index in [1.807, 2.05) is 18.2 Å². The molecule has 2 rings (SSSR count). The molecule has 0 radical (unpaired) electrons. The average molecular weight is 581 g/mol. The maximum Gasteiger partial charge on any atom is 0.135 e. The maximum absolute atomic E-state index is 6.79. The third-order valence-corrected chi connectivity index (χ3v) is 8.52. The predicted octanol–water partition coefficient (Wildman–Crippen LogP) is 12.6. The van der Waals surface area contributed by atoms with E-state index in [1.54, 1.807) is 0 Å². The van der Waals surface area contributed by atoms with Gasteiger partial charge in [-0.1, -0.05) is 178 Å². The van der Waals surface area contributed by atoms with Crippen molar-refractivity contribution >= 4 is 0 Å². The van der Waals surface area contributed by atoms with E-state index in [0.717, 1.165) is 30.6 Å². The standard InChI is InChI=1S/C39H64O3/c1-3-5-7-9-11-12-13-14-15-16-17-18-20-28-34-39(33-27-19-10-8-6-4-2,42-38-31-25-22-26-32-38)36-41-40-35-37-29-23-21-24-30-37/h21-26,29-32H,3-20,27-28,33-36H2,1-2H3. The quantitative estimate of drug-likeness (QED) is 0.0544. The molecule has 0 aliphatic carbocycles. The number of hydrogen-bond acceptors (Lipinski definition) is 3. The van der Waals surface area contributed by atoms with Gasteiger partial charge in [0, 0.05) is 0 Å². The van der Waals surface area contributed by atoms with Crippen LogP contribution in [-0.4, -0.2) is 12.2 Å². The van der Waals surface area contributed by atoms with E-state index in [1.165, 1.54) is 122 Å². The lowest BCUT2D eigenvalue weighted by Gasteiger charge is -2.34. The van der Waals surface area contributed by atoms with Crippen LogP contribution in [0.1, 0.15) is 161 Å². The van der Waals surface area contributed by atoms with Gasteiger partial charge < -0.3 is 4.74 Å². The molecule has 238 valence electrons. The minimum Gasteiger partial charge on any atom is -0.485 e. The Hall–Kier alpha value is -1.84. The SMILES string of the molecule is CCCCCCCCCCCCCCCCC(CCCCCCCC)(COOCc1ccccc1)Oc1ccccc1. The normalized spacial score (nSPS) is 12.8. The second-order valence-electron chi connectivity index (χ2n) is 12.5. The molecule has 2 aromatic carbocycles. The lowest BCUT2D eigenvalue weighted by atomic mass is 9.89. The highest BCUT2D eigenvalue weighted by molar-refractivity contribution is 5.22. The lowest BCUT2D eigenvalue weighted by molar-refractivity contribution is -0.323. The van der Waals surface area contributed by atoms with Gasteiger partial charge in [-0.25, -0.2) is 9.78 Å². The first kappa shape index (κ1) is 36.4. The highest BCUT2D eigenvalue weighted by atomic mass is 17.2. The Labute approximate surface area is 260 Å². The van der Waals surface area contributed by atoms with Gasteiger partial charge in [0.1, 0.15) is 24.6 Å². The fourth-order valence-corrected chi connectivity index (χ4v) is 5.84. The third-order valence-electron chi connectivity index (χ3n) is 8.52. The zero-order valence-corrected chi connectivity index (χ0v) is 27.5. The summed E-state index contributed by atoms with van der Waals surface area (Å²) in [6.07, 6.45) is 28.9. The first-order valence-corrected chi connectivity index (χ1v) is 17.8. The number of ether oxygens (including phenoxy) is 1. The largest absolute Gasteiger partial charge is 0.485 e. The van der Waals surface area contributed by atoms with Crippen molar-refractivity contribution in [2.24, 2.45) is 0 Å². The summed E-state index contributed by atoms with van der Waals surface area (Å²) < 4.78 is 6.79. The van der Waals surface area contributed by atoms with Gasteiger partial charge in [-0.05, 0) is 43.4 Å². The topological polar surface area (TPSA) is 27.7 Å². The first-order valence-electron chi connectivity index (χ1n) is 17.8. The van der Waals surface area contributed by atoms with E-state index >= 15 is 0 Å². The van der Waals surface area contributed by atoms with Gasteiger partial charge in [-0.15, -0.1) is 0 Å². The van der Waals surface area contributed by atoms with Gasteiger partial charge in [0.2, 0.25) is 0 Å². The number of rotatable bonds is 29. The molecule has 0 spiro atoms. The fraction of sp³-hybridized carbons (Fsp3) is 0.692. The number of para-hydroxylation sites is 1. The molecule has 0 aliphatic rings. The average Bonchev–Trinajstić information content (AvgIpc) is 3.02. The van der Waals surface area contributed by atoms with Crippen LogP contribution in [0.4, 0.5) is 0 Å². The second kappa shape index (κ2) is 25.6. The van der Waals surface area contributed by atoms with E-state index in [4.69, 9.17) is 14.5 Å². The summed E-state index contributed by atoms with van der Waals surface area (Å²) >= 11 is 0. The van der Waals surface area contributed by atoms with Crippen LogP contribution in [0.5, 0.6) is 5.75 Å². The zero-order chi connectivity index (χ0) is 29.8. The Kier molecular flexibility index (Phi) is 22.2. The minimum atomic E-state index is -0.361. The zero-order valence-electron chi connectivity index (χ0n) is 27.5. The van der Waals surface area contributed by atoms with E-state index in [2.05, 4.69) is 56.3 Å². The molecule has 1 unspecified atom stereocenters. The molecule has 1 atom stereocenters. The summed E-state index contributed by atoms with van der Waals surface area (Å²) in [6.45, 7) is 5.49. The van der Waals surface area contributed by atoms with E-state index < -0.39 is 0 Å². The summed E-state index contributed by atoms with van der Waals surface area (Å²) in [5.74, 6) is 0.931. The lowest BCUT2D eigenvalue weighted by Crippen LogP contribution is -2.41. The van der Waals surface area contributed by atoms with Gasteiger partial charge in [0.15, 0.2) is 0 Å². The summed E-state index contributed by atoms with van der Waals surface area (Å²) in [5.41, 5.74) is 0.759. The van der Waals surface area contributed by atoms with Crippen molar-refractivity contribution in [3.05, 3.63) is 66.2 Å². The van der Waals surface area contributed by atoms with Crippen LogP contribution in [0, 0.1) is 0 Å². The van der Waals surface area contributed by atoms with Crippen LogP contribution in [0.25, 0.3) is 0 Å². The fourth-order valence-electron chi connectivity index (χ4n) is 5.84. The van der Waals surface area contributed by atoms with Crippen molar-refractivity contribution in [2.75, 3.05) is 6.61 Å². The van der Waals surface area contributed by atoms with Gasteiger partial charge in [0.05, 0.1) is 0 Å². The summed E-state index contributed by atoms with van der Waals surface area (Å²) in [6, 6.07) is 20.6. The van der Waals surface area contributed by atoms with Crippen molar-refractivity contribution in [3.63, 3.8) is 0 Å². The van der Waals surface area contributed by atoms with E-state index in [-0.39, 0.29) is 5.60 Å². The molecule has 0 saturated carbocycles. The Balaban J connectivity index is 1.80. The molecular formula is C39H64O3.